The molecule has 0 bridgehead atoms. The molecule has 2 nitrogen and oxygen atoms in total. The van der Waals surface area contributed by atoms with Crippen molar-refractivity contribution >= 4 is 12.2 Å². The van der Waals surface area contributed by atoms with E-state index in [4.69, 9.17) is 9.47 Å². The van der Waals surface area contributed by atoms with Gasteiger partial charge in [0.15, 0.2) is 0 Å². The predicted molar refractivity (Wildman–Crippen MR) is 167 cm³/mol. The summed E-state index contributed by atoms with van der Waals surface area (Å²) in [6.07, 6.45) is -3.99. The Morgan fingerprint density at radius 2 is 0.911 bits per heavy atom. The summed E-state index contributed by atoms with van der Waals surface area (Å²) in [5.41, 5.74) is -4.35. The highest BCUT2D eigenvalue weighted by atomic mass is 19.4. The third kappa shape index (κ3) is 6.65. The van der Waals surface area contributed by atoms with E-state index in [9.17, 15) is 0 Å². The zero-order valence-corrected chi connectivity index (χ0v) is 25.4. The first kappa shape index (κ1) is 33.4. The molecular formula is C37H34F6O2. The number of alkyl halides is 6. The molecule has 0 aliphatic carbocycles. The number of halogens is 6. The Balaban J connectivity index is 1.88. The van der Waals surface area contributed by atoms with Crippen LogP contribution >= 0.6 is 0 Å². The molecule has 0 aliphatic heterocycles. The van der Waals surface area contributed by atoms with Crippen molar-refractivity contribution in [3.05, 3.63) is 130 Å². The maximum absolute atomic E-state index is 15.1. The minimum absolute atomic E-state index is 0.138. The van der Waals surface area contributed by atoms with E-state index in [1.807, 2.05) is 13.8 Å². The number of ether oxygens (including phenoxy) is 2. The summed E-state index contributed by atoms with van der Waals surface area (Å²) in [6, 6.07) is 20.0. The Bertz CT molecular complexity index is 1560. The second-order valence-electron chi connectivity index (χ2n) is 10.4. The summed E-state index contributed by atoms with van der Waals surface area (Å²) in [4.78, 5) is 0. The number of benzene rings is 4. The molecule has 0 fully saturated rings. The Morgan fingerprint density at radius 1 is 0.533 bits per heavy atom. The average Bonchev–Trinajstić information content (AvgIpc) is 2.99. The van der Waals surface area contributed by atoms with Gasteiger partial charge in [0, 0.05) is 11.1 Å². The van der Waals surface area contributed by atoms with Gasteiger partial charge in [-0.3, -0.25) is 0 Å². The van der Waals surface area contributed by atoms with Crippen molar-refractivity contribution in [3.63, 3.8) is 0 Å². The van der Waals surface area contributed by atoms with Gasteiger partial charge < -0.3 is 9.47 Å². The van der Waals surface area contributed by atoms with Gasteiger partial charge in [0.1, 0.15) is 23.0 Å². The largest absolute Gasteiger partial charge is 0.456 e. The first-order chi connectivity index (χ1) is 21.4. The Labute approximate surface area is 259 Å². The minimum Gasteiger partial charge on any atom is -0.456 e. The van der Waals surface area contributed by atoms with Gasteiger partial charge in [-0.25, -0.2) is 0 Å². The maximum Gasteiger partial charge on any atom is 0.411 e. The van der Waals surface area contributed by atoms with Crippen LogP contribution in [0.15, 0.2) is 97.1 Å². The Kier molecular flexibility index (Phi) is 10.2. The maximum atomic E-state index is 15.1. The van der Waals surface area contributed by atoms with Crippen molar-refractivity contribution < 1.29 is 35.8 Å². The van der Waals surface area contributed by atoms with Crippen LogP contribution in [0.25, 0.3) is 12.2 Å². The molecule has 45 heavy (non-hydrogen) atoms. The fraction of sp³-hybridized carbons (Fsp3) is 0.243. The van der Waals surface area contributed by atoms with Crippen LogP contribution in [-0.2, 0) is 18.3 Å². The molecule has 4 rings (SSSR count). The third-order valence-corrected chi connectivity index (χ3v) is 7.57. The Hall–Kier alpha value is -4.46. The normalized spacial score (nSPS) is 12.7. The van der Waals surface area contributed by atoms with Crippen LogP contribution in [0.5, 0.6) is 23.0 Å². The lowest BCUT2D eigenvalue weighted by Crippen LogP contribution is -2.54. The van der Waals surface area contributed by atoms with E-state index in [1.165, 1.54) is 12.1 Å². The smallest absolute Gasteiger partial charge is 0.411 e. The van der Waals surface area contributed by atoms with E-state index >= 15 is 26.3 Å². The third-order valence-electron chi connectivity index (χ3n) is 7.57. The first-order valence-electron chi connectivity index (χ1n) is 14.6. The number of aryl methyl sites for hydroxylation is 2. The van der Waals surface area contributed by atoms with Gasteiger partial charge in [-0.15, -0.1) is 0 Å². The van der Waals surface area contributed by atoms with Crippen LogP contribution in [0, 0.1) is 0 Å². The fourth-order valence-electron chi connectivity index (χ4n) is 5.38. The topological polar surface area (TPSA) is 18.5 Å². The summed E-state index contributed by atoms with van der Waals surface area (Å²) in [5.74, 6) is 1.20. The van der Waals surface area contributed by atoms with E-state index in [-0.39, 0.29) is 35.5 Å². The molecule has 0 saturated heterocycles. The van der Waals surface area contributed by atoms with Crippen LogP contribution < -0.4 is 9.47 Å². The fourth-order valence-corrected chi connectivity index (χ4v) is 5.38. The number of allylic oxidation sites excluding steroid dienone is 2. The summed E-state index contributed by atoms with van der Waals surface area (Å²) in [5, 5.41) is 0. The molecule has 0 heterocycles. The van der Waals surface area contributed by atoms with Crippen LogP contribution in [0.1, 0.15) is 61.1 Å². The molecule has 4 aromatic carbocycles. The van der Waals surface area contributed by atoms with Crippen LogP contribution in [-0.4, -0.2) is 12.4 Å². The highest BCUT2D eigenvalue weighted by molar-refractivity contribution is 5.60. The molecule has 0 radical (unpaired) electrons. The van der Waals surface area contributed by atoms with Crippen LogP contribution in [0.3, 0.4) is 0 Å². The molecular weight excluding hydrogens is 590 g/mol. The second-order valence-corrected chi connectivity index (χ2v) is 10.4. The van der Waals surface area contributed by atoms with Crippen molar-refractivity contribution in [2.75, 3.05) is 0 Å². The molecule has 0 atom stereocenters. The van der Waals surface area contributed by atoms with Crippen molar-refractivity contribution in [1.29, 1.82) is 0 Å². The van der Waals surface area contributed by atoms with E-state index < -0.39 is 28.9 Å². The van der Waals surface area contributed by atoms with Crippen LogP contribution in [0.2, 0.25) is 0 Å². The number of hydrogen-bond donors (Lipinski definition) is 0. The van der Waals surface area contributed by atoms with Crippen molar-refractivity contribution in [3.8, 4) is 23.0 Å². The number of para-hydroxylation sites is 2. The molecule has 0 saturated carbocycles. The highest BCUT2D eigenvalue weighted by Crippen LogP contribution is 2.57. The molecule has 236 valence electrons. The quantitative estimate of drug-likeness (QED) is 0.164. The van der Waals surface area contributed by atoms with Gasteiger partial charge in [-0.2, -0.15) is 26.3 Å². The lowest BCUT2D eigenvalue weighted by atomic mass is 9.72. The molecule has 0 aromatic heterocycles. The van der Waals surface area contributed by atoms with Gasteiger partial charge in [0.05, 0.1) is 0 Å². The van der Waals surface area contributed by atoms with Crippen molar-refractivity contribution in [2.45, 2.75) is 58.3 Å². The molecule has 0 spiro atoms. The van der Waals surface area contributed by atoms with Gasteiger partial charge in [-0.05, 0) is 73.2 Å². The molecule has 0 unspecified atom stereocenters. The lowest BCUT2D eigenvalue weighted by molar-refractivity contribution is -0.288. The number of hydrogen-bond acceptors (Lipinski definition) is 2. The summed E-state index contributed by atoms with van der Waals surface area (Å²) in [7, 11) is 0. The summed E-state index contributed by atoms with van der Waals surface area (Å²) in [6.45, 7) is 6.95. The monoisotopic (exact) mass is 624 g/mol. The minimum atomic E-state index is -5.73. The van der Waals surface area contributed by atoms with Gasteiger partial charge in [-0.1, -0.05) is 98.8 Å². The highest BCUT2D eigenvalue weighted by Gasteiger charge is 2.72. The zero-order valence-electron chi connectivity index (χ0n) is 25.4. The predicted octanol–water partition coefficient (Wildman–Crippen LogP) is 11.9. The van der Waals surface area contributed by atoms with Crippen LogP contribution in [0.4, 0.5) is 26.3 Å². The van der Waals surface area contributed by atoms with Gasteiger partial charge in [0.2, 0.25) is 5.41 Å². The molecule has 4 aromatic rings. The van der Waals surface area contributed by atoms with E-state index in [1.54, 1.807) is 86.7 Å². The molecule has 0 aliphatic rings. The lowest BCUT2D eigenvalue weighted by Gasteiger charge is -2.39. The van der Waals surface area contributed by atoms with Gasteiger partial charge >= 0.3 is 12.4 Å². The Morgan fingerprint density at radius 3 is 1.24 bits per heavy atom. The summed E-state index contributed by atoms with van der Waals surface area (Å²) < 4.78 is 103. The SMILES string of the molecule is C/C=C\c1ccccc1Oc1ccc(C(c2ccc(Oc3ccccc3/C=C\C)c(CC)c2)(C(F)(F)F)C(F)(F)F)cc1CC. The molecule has 8 heteroatoms. The molecule has 0 amide bonds. The van der Waals surface area contributed by atoms with Gasteiger partial charge in [0.25, 0.3) is 0 Å². The average molecular weight is 625 g/mol. The van der Waals surface area contributed by atoms with Crippen molar-refractivity contribution in [2.24, 2.45) is 0 Å². The standard InChI is InChI=1S/C37H34F6O2/c1-5-13-27-15-9-11-17-31(27)44-33-21-19-29(23-25(33)7-3)35(36(38,39)40,37(41,42)43)30-20-22-34(26(8-4)24-30)45-32-18-12-10-16-28(32)14-6-2/h5-6,9-24H,7-8H2,1-4H3/b13-5-,14-6-. The zero-order chi connectivity index (χ0) is 32.8. The van der Waals surface area contributed by atoms with E-state index in [0.717, 1.165) is 24.3 Å². The van der Waals surface area contributed by atoms with E-state index in [2.05, 4.69) is 0 Å². The first-order valence-corrected chi connectivity index (χ1v) is 14.6. The molecule has 0 N–H and O–H groups in total. The van der Waals surface area contributed by atoms with Crippen molar-refractivity contribution in [1.82, 2.24) is 0 Å². The second kappa shape index (κ2) is 13.7. The summed E-state index contributed by atoms with van der Waals surface area (Å²) >= 11 is 0. The van der Waals surface area contributed by atoms with E-state index in [0.29, 0.717) is 22.6 Å². The number of rotatable bonds is 10.